The molecule has 0 saturated carbocycles. The first-order valence-electron chi connectivity index (χ1n) is 4.50. The van der Waals surface area contributed by atoms with Gasteiger partial charge >= 0.3 is 6.09 Å². The van der Waals surface area contributed by atoms with Crippen LogP contribution >= 0.6 is 0 Å². The van der Waals surface area contributed by atoms with Crippen molar-refractivity contribution in [3.05, 3.63) is 0 Å². The number of fused-ring (bicyclic) bond motifs is 1. The fraction of sp³-hybridized carbons (Fsp3) is 0.875. The molecule has 3 heterocycles. The lowest BCUT2D eigenvalue weighted by Gasteiger charge is -2.21. The molecule has 0 N–H and O–H groups in total. The fourth-order valence-corrected chi connectivity index (χ4v) is 2.24. The molecule has 1 atom stereocenters. The first-order valence-corrected chi connectivity index (χ1v) is 4.50. The van der Waals surface area contributed by atoms with Gasteiger partial charge in [-0.3, -0.25) is 4.90 Å². The van der Waals surface area contributed by atoms with E-state index in [0.29, 0.717) is 26.4 Å². The van der Waals surface area contributed by atoms with Crippen molar-refractivity contribution in [1.82, 2.24) is 4.90 Å². The average Bonchev–Trinajstić information content (AvgIpc) is 2.76. The molecule has 3 saturated heterocycles. The Kier molecular flexibility index (Phi) is 1.38. The molecule has 0 radical (unpaired) electrons. The highest BCUT2D eigenvalue weighted by Gasteiger charge is 2.53. The van der Waals surface area contributed by atoms with Crippen LogP contribution in [0.2, 0.25) is 0 Å². The molecule has 0 aromatic rings. The van der Waals surface area contributed by atoms with Gasteiger partial charge in [0.05, 0.1) is 25.8 Å². The number of hydrogen-bond donors (Lipinski definition) is 0. The van der Waals surface area contributed by atoms with Crippen LogP contribution in [0.15, 0.2) is 0 Å². The monoisotopic (exact) mass is 185 g/mol. The fourth-order valence-electron chi connectivity index (χ4n) is 2.24. The van der Waals surface area contributed by atoms with Crippen LogP contribution in [0.1, 0.15) is 6.42 Å². The van der Waals surface area contributed by atoms with Crippen LogP contribution in [0.5, 0.6) is 0 Å². The number of rotatable bonds is 0. The normalized spacial score (nSPS) is 35.5. The van der Waals surface area contributed by atoms with Gasteiger partial charge in [0.15, 0.2) is 5.79 Å². The lowest BCUT2D eigenvalue weighted by molar-refractivity contribution is -0.146. The molecule has 0 unspecified atom stereocenters. The highest BCUT2D eigenvalue weighted by molar-refractivity contribution is 5.70. The zero-order valence-electron chi connectivity index (χ0n) is 7.19. The predicted molar refractivity (Wildman–Crippen MR) is 41.1 cm³/mol. The van der Waals surface area contributed by atoms with Crippen LogP contribution < -0.4 is 0 Å². The zero-order chi connectivity index (χ0) is 8.89. The number of hydrogen-bond acceptors (Lipinski definition) is 4. The van der Waals surface area contributed by atoms with E-state index in [4.69, 9.17) is 14.2 Å². The van der Waals surface area contributed by atoms with Crippen molar-refractivity contribution in [3.8, 4) is 0 Å². The second-order valence-corrected chi connectivity index (χ2v) is 3.67. The maximum Gasteiger partial charge on any atom is 0.410 e. The van der Waals surface area contributed by atoms with Crippen molar-refractivity contribution in [3.63, 3.8) is 0 Å². The van der Waals surface area contributed by atoms with Gasteiger partial charge in [-0.25, -0.2) is 4.79 Å². The molecule has 5 heteroatoms. The molecule has 3 rings (SSSR count). The van der Waals surface area contributed by atoms with E-state index in [1.807, 2.05) is 0 Å². The van der Waals surface area contributed by atoms with Gasteiger partial charge in [0, 0.05) is 6.42 Å². The Bertz CT molecular complexity index is 249. The number of carbonyl (C=O) groups is 1. The van der Waals surface area contributed by atoms with Crippen LogP contribution in [-0.2, 0) is 14.2 Å². The molecule has 1 amide bonds. The number of cyclic esters (lactones) is 1. The Morgan fingerprint density at radius 3 is 2.85 bits per heavy atom. The van der Waals surface area contributed by atoms with Crippen molar-refractivity contribution in [2.75, 3.05) is 26.4 Å². The third-order valence-electron chi connectivity index (χ3n) is 2.85. The first kappa shape index (κ1) is 7.58. The summed E-state index contributed by atoms with van der Waals surface area (Å²) in [6.07, 6.45) is 0.514. The highest BCUT2D eigenvalue weighted by Crippen LogP contribution is 2.37. The minimum absolute atomic E-state index is 0.158. The minimum Gasteiger partial charge on any atom is -0.447 e. The molecule has 3 fully saturated rings. The van der Waals surface area contributed by atoms with E-state index in [1.165, 1.54) is 0 Å². The van der Waals surface area contributed by atoms with Crippen LogP contribution in [0, 0.1) is 0 Å². The van der Waals surface area contributed by atoms with E-state index in [0.717, 1.165) is 6.42 Å². The minimum atomic E-state index is -0.510. The standard InChI is InChI=1S/C8H11NO4/c10-7-9-5-8(12-1-2-13-8)3-6(9)4-11-7/h6H,1-5H2/t6-/m0/s1. The summed E-state index contributed by atoms with van der Waals surface area (Å²) in [5, 5.41) is 0. The SMILES string of the molecule is O=C1OC[C@@H]2CC3(CN12)OCCO3. The van der Waals surface area contributed by atoms with E-state index in [-0.39, 0.29) is 12.1 Å². The van der Waals surface area contributed by atoms with Crippen LogP contribution in [0.4, 0.5) is 4.79 Å². The lowest BCUT2D eigenvalue weighted by atomic mass is 10.2. The molecule has 72 valence electrons. The van der Waals surface area contributed by atoms with Gasteiger partial charge in [0.25, 0.3) is 0 Å². The average molecular weight is 185 g/mol. The quantitative estimate of drug-likeness (QED) is 0.531. The molecule has 1 spiro atoms. The van der Waals surface area contributed by atoms with Gasteiger partial charge in [0.1, 0.15) is 6.61 Å². The maximum atomic E-state index is 11.2. The molecule has 0 aromatic heterocycles. The van der Waals surface area contributed by atoms with Gasteiger partial charge in [-0.15, -0.1) is 0 Å². The Morgan fingerprint density at radius 2 is 2.15 bits per heavy atom. The zero-order valence-corrected chi connectivity index (χ0v) is 7.19. The third-order valence-corrected chi connectivity index (χ3v) is 2.85. The van der Waals surface area contributed by atoms with Gasteiger partial charge in [-0.2, -0.15) is 0 Å². The molecular weight excluding hydrogens is 174 g/mol. The van der Waals surface area contributed by atoms with Gasteiger partial charge < -0.3 is 14.2 Å². The molecule has 5 nitrogen and oxygen atoms in total. The lowest BCUT2D eigenvalue weighted by Crippen LogP contribution is -2.35. The topological polar surface area (TPSA) is 48.0 Å². The van der Waals surface area contributed by atoms with Gasteiger partial charge in [-0.05, 0) is 0 Å². The summed E-state index contributed by atoms with van der Waals surface area (Å²) in [6.45, 7) is 2.27. The van der Waals surface area contributed by atoms with Gasteiger partial charge in [-0.1, -0.05) is 0 Å². The molecule has 13 heavy (non-hydrogen) atoms. The number of ether oxygens (including phenoxy) is 3. The van der Waals surface area contributed by atoms with Crippen LogP contribution in [-0.4, -0.2) is 49.2 Å². The molecule has 0 bridgehead atoms. The molecule has 3 aliphatic rings. The van der Waals surface area contributed by atoms with E-state index in [2.05, 4.69) is 0 Å². The Balaban J connectivity index is 1.81. The van der Waals surface area contributed by atoms with Crippen molar-refractivity contribution < 1.29 is 19.0 Å². The van der Waals surface area contributed by atoms with Gasteiger partial charge in [0.2, 0.25) is 0 Å². The van der Waals surface area contributed by atoms with E-state index < -0.39 is 5.79 Å². The number of nitrogens with zero attached hydrogens (tertiary/aromatic N) is 1. The number of amides is 1. The Labute approximate surface area is 75.5 Å². The predicted octanol–water partition coefficient (Wildman–Crippen LogP) is -0.0460. The van der Waals surface area contributed by atoms with Crippen molar-refractivity contribution in [2.24, 2.45) is 0 Å². The smallest absolute Gasteiger partial charge is 0.410 e. The van der Waals surface area contributed by atoms with Crippen molar-refractivity contribution in [2.45, 2.75) is 18.2 Å². The molecule has 0 aromatic carbocycles. The summed E-state index contributed by atoms with van der Waals surface area (Å²) in [6, 6.07) is 0.158. The molecule has 3 aliphatic heterocycles. The summed E-state index contributed by atoms with van der Waals surface area (Å²) in [4.78, 5) is 12.9. The Morgan fingerprint density at radius 1 is 1.38 bits per heavy atom. The first-order chi connectivity index (χ1) is 6.29. The summed E-state index contributed by atoms with van der Waals surface area (Å²) >= 11 is 0. The summed E-state index contributed by atoms with van der Waals surface area (Å²) in [5.41, 5.74) is 0. The largest absolute Gasteiger partial charge is 0.447 e. The summed E-state index contributed by atoms with van der Waals surface area (Å²) in [7, 11) is 0. The van der Waals surface area contributed by atoms with Crippen molar-refractivity contribution >= 4 is 6.09 Å². The molecular formula is C8H11NO4. The van der Waals surface area contributed by atoms with E-state index in [9.17, 15) is 4.79 Å². The highest BCUT2D eigenvalue weighted by atomic mass is 16.7. The second-order valence-electron chi connectivity index (χ2n) is 3.67. The maximum absolute atomic E-state index is 11.2. The number of carbonyl (C=O) groups excluding carboxylic acids is 1. The summed E-state index contributed by atoms with van der Waals surface area (Å²) in [5.74, 6) is -0.510. The summed E-state index contributed by atoms with van der Waals surface area (Å²) < 4.78 is 15.9. The van der Waals surface area contributed by atoms with Crippen LogP contribution in [0.3, 0.4) is 0 Å². The molecule has 0 aliphatic carbocycles. The third kappa shape index (κ3) is 0.971. The Hall–Kier alpha value is -0.810. The van der Waals surface area contributed by atoms with Crippen molar-refractivity contribution in [1.29, 1.82) is 0 Å². The van der Waals surface area contributed by atoms with E-state index >= 15 is 0 Å². The van der Waals surface area contributed by atoms with Crippen LogP contribution in [0.25, 0.3) is 0 Å². The second kappa shape index (κ2) is 2.36. The van der Waals surface area contributed by atoms with E-state index in [1.54, 1.807) is 4.90 Å².